The van der Waals surface area contributed by atoms with Gasteiger partial charge in [0, 0.05) is 30.0 Å². The van der Waals surface area contributed by atoms with Crippen molar-refractivity contribution in [3.05, 3.63) is 18.0 Å². The first kappa shape index (κ1) is 16.8. The van der Waals surface area contributed by atoms with Crippen LogP contribution in [0.1, 0.15) is 58.7 Å². The van der Waals surface area contributed by atoms with Crippen molar-refractivity contribution >= 4 is 21.6 Å². The number of halogens is 1. The lowest BCUT2D eigenvalue weighted by atomic mass is 10.2. The molecule has 1 aromatic heterocycles. The average molecular weight is 333 g/mol. The Hall–Kier alpha value is -0.520. The van der Waals surface area contributed by atoms with E-state index in [0.29, 0.717) is 10.8 Å². The molecule has 6 heteroatoms. The second-order valence-electron chi connectivity index (χ2n) is 6.13. The Balaban J connectivity index is 2.44. The summed E-state index contributed by atoms with van der Waals surface area (Å²) in [5.41, 5.74) is 0.852. The Morgan fingerprint density at radius 2 is 2.05 bits per heavy atom. The fourth-order valence-corrected chi connectivity index (χ4v) is 5.43. The van der Waals surface area contributed by atoms with Crippen LogP contribution in [0.4, 0.5) is 0 Å². The molecule has 0 N–H and O–H groups in total. The van der Waals surface area contributed by atoms with Crippen molar-refractivity contribution in [1.29, 1.82) is 0 Å². The van der Waals surface area contributed by atoms with Crippen LogP contribution in [0.2, 0.25) is 0 Å². The van der Waals surface area contributed by atoms with Gasteiger partial charge >= 0.3 is 0 Å². The molecule has 1 aliphatic heterocycles. The minimum Gasteiger partial charge on any atom is -0.346 e. The van der Waals surface area contributed by atoms with Crippen LogP contribution < -0.4 is 0 Å². The fraction of sp³-hybridized carbons (Fsp3) is 0.733. The molecule has 1 aliphatic rings. The molecule has 21 heavy (non-hydrogen) atoms. The molecule has 0 aliphatic carbocycles. The van der Waals surface area contributed by atoms with Crippen LogP contribution >= 0.6 is 11.6 Å². The molecule has 2 unspecified atom stereocenters. The van der Waals surface area contributed by atoms with Crippen molar-refractivity contribution in [2.24, 2.45) is 0 Å². The molecule has 0 saturated carbocycles. The molecular weight excluding hydrogens is 308 g/mol. The maximum absolute atomic E-state index is 13.0. The first-order chi connectivity index (χ1) is 9.82. The molecule has 2 heterocycles. The van der Waals surface area contributed by atoms with Gasteiger partial charge in [-0.2, -0.15) is 4.31 Å². The lowest BCUT2D eigenvalue weighted by Gasteiger charge is -2.26. The van der Waals surface area contributed by atoms with Gasteiger partial charge in [-0.3, -0.25) is 0 Å². The highest BCUT2D eigenvalue weighted by molar-refractivity contribution is 7.89. The van der Waals surface area contributed by atoms with Crippen molar-refractivity contribution in [2.45, 2.75) is 75.9 Å². The minimum absolute atomic E-state index is 0.0711. The molecule has 120 valence electrons. The maximum atomic E-state index is 13.0. The van der Waals surface area contributed by atoms with E-state index in [0.717, 1.165) is 25.0 Å². The topological polar surface area (TPSA) is 42.3 Å². The number of sulfonamides is 1. The van der Waals surface area contributed by atoms with Gasteiger partial charge < -0.3 is 4.57 Å². The van der Waals surface area contributed by atoms with Gasteiger partial charge in [-0.1, -0.05) is 6.92 Å². The predicted octanol–water partition coefficient (Wildman–Crippen LogP) is 3.76. The van der Waals surface area contributed by atoms with Gasteiger partial charge in [0.15, 0.2) is 0 Å². The number of hydrogen-bond acceptors (Lipinski definition) is 2. The highest BCUT2D eigenvalue weighted by Crippen LogP contribution is 2.33. The van der Waals surface area contributed by atoms with Crippen LogP contribution in [0, 0.1) is 0 Å². The van der Waals surface area contributed by atoms with E-state index in [1.54, 1.807) is 16.6 Å². The molecule has 2 atom stereocenters. The molecule has 1 aromatic rings. The summed E-state index contributed by atoms with van der Waals surface area (Å²) in [7, 11) is -3.44. The van der Waals surface area contributed by atoms with Crippen LogP contribution in [0.5, 0.6) is 0 Å². The average Bonchev–Trinajstić information content (AvgIpc) is 3.02. The van der Waals surface area contributed by atoms with Crippen molar-refractivity contribution < 1.29 is 8.42 Å². The molecule has 1 fully saturated rings. The molecular formula is C15H25ClN2O2S. The lowest BCUT2D eigenvalue weighted by molar-refractivity contribution is 0.328. The molecule has 0 spiro atoms. The van der Waals surface area contributed by atoms with E-state index >= 15 is 0 Å². The van der Waals surface area contributed by atoms with Gasteiger partial charge in [-0.15, -0.1) is 11.6 Å². The summed E-state index contributed by atoms with van der Waals surface area (Å²) in [4.78, 5) is 0.374. The van der Waals surface area contributed by atoms with Crippen molar-refractivity contribution in [3.63, 3.8) is 0 Å². The smallest absolute Gasteiger partial charge is 0.245 e. The Bertz CT molecular complexity index is 595. The number of aromatic nitrogens is 1. The van der Waals surface area contributed by atoms with Crippen molar-refractivity contribution in [2.75, 3.05) is 0 Å². The minimum atomic E-state index is -3.44. The quantitative estimate of drug-likeness (QED) is 0.770. The Kier molecular flexibility index (Phi) is 5.06. The summed E-state index contributed by atoms with van der Waals surface area (Å²) in [6.45, 7) is 8.10. The maximum Gasteiger partial charge on any atom is 0.245 e. The van der Waals surface area contributed by atoms with E-state index in [1.165, 1.54) is 0 Å². The monoisotopic (exact) mass is 332 g/mol. The third-order valence-corrected chi connectivity index (χ3v) is 6.66. The van der Waals surface area contributed by atoms with E-state index < -0.39 is 10.0 Å². The number of rotatable bonds is 5. The van der Waals surface area contributed by atoms with E-state index in [1.807, 2.05) is 25.3 Å². The first-order valence-corrected chi connectivity index (χ1v) is 9.60. The molecule has 0 radical (unpaired) electrons. The zero-order valence-electron chi connectivity index (χ0n) is 13.2. The normalized spacial score (nSPS) is 24.1. The van der Waals surface area contributed by atoms with Gasteiger partial charge in [0.1, 0.15) is 4.90 Å². The van der Waals surface area contributed by atoms with E-state index in [2.05, 4.69) is 6.92 Å². The number of hydrogen-bond donors (Lipinski definition) is 0. The summed E-state index contributed by atoms with van der Waals surface area (Å²) in [6.07, 6.45) is 4.47. The second-order valence-corrected chi connectivity index (χ2v) is 8.24. The van der Waals surface area contributed by atoms with Crippen LogP contribution in [0.25, 0.3) is 0 Å². The molecule has 0 aromatic carbocycles. The first-order valence-electron chi connectivity index (χ1n) is 7.63. The standard InChI is InChI=1S/C15H25ClN2O2S/c1-5-13-7-6-12(4)18(13)21(19,20)15-8-14(9-16)17(10-15)11(2)3/h8,10-13H,5-7,9H2,1-4H3. The lowest BCUT2D eigenvalue weighted by Crippen LogP contribution is -2.39. The van der Waals surface area contributed by atoms with Crippen LogP contribution in [0.15, 0.2) is 17.2 Å². The zero-order valence-corrected chi connectivity index (χ0v) is 14.8. The second kappa shape index (κ2) is 6.31. The Morgan fingerprint density at radius 3 is 2.52 bits per heavy atom. The number of nitrogens with zero attached hydrogens (tertiary/aromatic N) is 2. The Labute approximate surface area is 133 Å². The van der Waals surface area contributed by atoms with Gasteiger partial charge in [-0.25, -0.2) is 8.42 Å². The summed E-state index contributed by atoms with van der Waals surface area (Å²) in [5, 5.41) is 0. The third-order valence-electron chi connectivity index (χ3n) is 4.36. The Morgan fingerprint density at radius 1 is 1.38 bits per heavy atom. The van der Waals surface area contributed by atoms with Crippen LogP contribution in [0.3, 0.4) is 0 Å². The summed E-state index contributed by atoms with van der Waals surface area (Å²) < 4.78 is 29.6. The van der Waals surface area contributed by atoms with Gasteiger partial charge in [0.2, 0.25) is 10.0 Å². The zero-order chi connectivity index (χ0) is 15.8. The molecule has 1 saturated heterocycles. The summed E-state index contributed by atoms with van der Waals surface area (Å²) in [6, 6.07) is 2.11. The van der Waals surface area contributed by atoms with Gasteiger partial charge in [0.25, 0.3) is 0 Å². The van der Waals surface area contributed by atoms with E-state index in [4.69, 9.17) is 11.6 Å². The van der Waals surface area contributed by atoms with Crippen molar-refractivity contribution in [3.8, 4) is 0 Å². The third kappa shape index (κ3) is 3.01. The molecule has 0 bridgehead atoms. The highest BCUT2D eigenvalue weighted by Gasteiger charge is 2.39. The predicted molar refractivity (Wildman–Crippen MR) is 86.2 cm³/mol. The largest absolute Gasteiger partial charge is 0.346 e. The van der Waals surface area contributed by atoms with E-state index in [9.17, 15) is 8.42 Å². The summed E-state index contributed by atoms with van der Waals surface area (Å²) >= 11 is 5.95. The molecule has 4 nitrogen and oxygen atoms in total. The van der Waals surface area contributed by atoms with Crippen LogP contribution in [-0.2, 0) is 15.9 Å². The van der Waals surface area contributed by atoms with Gasteiger partial charge in [0.05, 0.1) is 5.88 Å². The SMILES string of the molecule is CCC1CCC(C)N1S(=O)(=O)c1cc(CCl)n(C(C)C)c1. The van der Waals surface area contributed by atoms with Gasteiger partial charge in [-0.05, 0) is 46.1 Å². The molecule has 0 amide bonds. The number of alkyl halides is 1. The summed E-state index contributed by atoms with van der Waals surface area (Å²) in [5.74, 6) is 0.320. The van der Waals surface area contributed by atoms with Crippen LogP contribution in [-0.4, -0.2) is 29.4 Å². The van der Waals surface area contributed by atoms with E-state index in [-0.39, 0.29) is 18.1 Å². The molecule has 2 rings (SSSR count). The van der Waals surface area contributed by atoms with Crippen molar-refractivity contribution in [1.82, 2.24) is 8.87 Å². The highest BCUT2D eigenvalue weighted by atomic mass is 35.5. The fourth-order valence-electron chi connectivity index (χ4n) is 3.21.